The van der Waals surface area contributed by atoms with Gasteiger partial charge in [-0.3, -0.25) is 4.79 Å². The van der Waals surface area contributed by atoms with Crippen LogP contribution in [0.5, 0.6) is 17.4 Å². The number of halogens is 3. The van der Waals surface area contributed by atoms with Gasteiger partial charge in [-0.25, -0.2) is 9.97 Å². The van der Waals surface area contributed by atoms with Gasteiger partial charge in [0.25, 0.3) is 0 Å². The van der Waals surface area contributed by atoms with E-state index in [0.29, 0.717) is 22.4 Å². The van der Waals surface area contributed by atoms with Crippen molar-refractivity contribution < 1.29 is 27.4 Å². The zero-order valence-electron chi connectivity index (χ0n) is 14.2. The predicted molar refractivity (Wildman–Crippen MR) is 96.4 cm³/mol. The third-order valence-electron chi connectivity index (χ3n) is 3.32. The molecule has 0 spiro atoms. The Balaban J connectivity index is 1.49. The normalized spacial score (nSPS) is 11.1. The fraction of sp³-hybridized carbons (Fsp3) is 0.105. The summed E-state index contributed by atoms with van der Waals surface area (Å²) in [6, 6.07) is 13.8. The SMILES string of the molecule is O=C(CSc1ccc(C(F)(F)F)cn1)Oc1ccc(Oc2ccccn2)cc1. The molecule has 2 heterocycles. The minimum atomic E-state index is -4.44. The monoisotopic (exact) mass is 406 g/mol. The first kappa shape index (κ1) is 19.7. The highest BCUT2D eigenvalue weighted by Crippen LogP contribution is 2.29. The van der Waals surface area contributed by atoms with Gasteiger partial charge in [-0.2, -0.15) is 13.2 Å². The molecule has 2 aromatic heterocycles. The van der Waals surface area contributed by atoms with Gasteiger partial charge in [0.1, 0.15) is 11.5 Å². The number of rotatable bonds is 6. The van der Waals surface area contributed by atoms with Crippen LogP contribution < -0.4 is 9.47 Å². The first-order valence-electron chi connectivity index (χ1n) is 7.96. The zero-order valence-corrected chi connectivity index (χ0v) is 15.0. The number of esters is 1. The van der Waals surface area contributed by atoms with E-state index in [9.17, 15) is 18.0 Å². The smallest absolute Gasteiger partial charge is 0.417 e. The molecule has 0 aliphatic rings. The van der Waals surface area contributed by atoms with Gasteiger partial charge in [-0.05, 0) is 42.5 Å². The molecule has 0 unspecified atom stereocenters. The summed E-state index contributed by atoms with van der Waals surface area (Å²) in [6.45, 7) is 0. The summed E-state index contributed by atoms with van der Waals surface area (Å²) < 4.78 is 48.2. The summed E-state index contributed by atoms with van der Waals surface area (Å²) in [5.74, 6) is 0.642. The minimum Gasteiger partial charge on any atom is -0.439 e. The van der Waals surface area contributed by atoms with Crippen LogP contribution in [0.15, 0.2) is 72.0 Å². The van der Waals surface area contributed by atoms with Crippen molar-refractivity contribution in [3.63, 3.8) is 0 Å². The molecule has 1 aromatic carbocycles. The Morgan fingerprint density at radius 2 is 1.71 bits per heavy atom. The molecule has 0 radical (unpaired) electrons. The second kappa shape index (κ2) is 8.75. The third kappa shape index (κ3) is 5.71. The molecule has 0 saturated carbocycles. The number of alkyl halides is 3. The van der Waals surface area contributed by atoms with Gasteiger partial charge in [0, 0.05) is 18.5 Å². The highest BCUT2D eigenvalue weighted by atomic mass is 32.2. The van der Waals surface area contributed by atoms with E-state index in [1.165, 1.54) is 6.07 Å². The van der Waals surface area contributed by atoms with E-state index in [1.807, 2.05) is 0 Å². The standard InChI is InChI=1S/C19H13F3N2O3S/c20-19(21,22)13-4-9-17(24-11-13)28-12-18(25)27-15-7-5-14(6-8-15)26-16-3-1-2-10-23-16/h1-11H,12H2. The molecule has 0 aliphatic carbocycles. The summed E-state index contributed by atoms with van der Waals surface area (Å²) in [5, 5.41) is 0.295. The summed E-state index contributed by atoms with van der Waals surface area (Å²) in [5.41, 5.74) is -0.840. The lowest BCUT2D eigenvalue weighted by atomic mass is 10.3. The lowest BCUT2D eigenvalue weighted by Gasteiger charge is -2.08. The molecule has 9 heteroatoms. The number of nitrogens with zero attached hydrogens (tertiary/aromatic N) is 2. The molecule has 0 aliphatic heterocycles. The van der Waals surface area contributed by atoms with Crippen LogP contribution in [0, 0.1) is 0 Å². The molecule has 0 atom stereocenters. The van der Waals surface area contributed by atoms with E-state index in [4.69, 9.17) is 9.47 Å². The summed E-state index contributed by atoms with van der Waals surface area (Å²) in [4.78, 5) is 19.6. The molecule has 3 aromatic rings. The zero-order chi connectivity index (χ0) is 20.0. The minimum absolute atomic E-state index is 0.0927. The Morgan fingerprint density at radius 1 is 0.964 bits per heavy atom. The van der Waals surface area contributed by atoms with Gasteiger partial charge in [-0.15, -0.1) is 0 Å². The maximum absolute atomic E-state index is 12.5. The number of hydrogen-bond donors (Lipinski definition) is 0. The topological polar surface area (TPSA) is 61.3 Å². The largest absolute Gasteiger partial charge is 0.439 e. The number of ether oxygens (including phenoxy) is 2. The first-order chi connectivity index (χ1) is 13.4. The Morgan fingerprint density at radius 3 is 2.32 bits per heavy atom. The van der Waals surface area contributed by atoms with Crippen molar-refractivity contribution in [2.75, 3.05) is 5.75 Å². The Bertz CT molecular complexity index is 918. The second-order valence-corrected chi connectivity index (χ2v) is 6.38. The number of carbonyl (C=O) groups is 1. The molecule has 0 fully saturated rings. The van der Waals surface area contributed by atoms with E-state index < -0.39 is 17.7 Å². The number of carbonyl (C=O) groups excluding carboxylic acids is 1. The van der Waals surface area contributed by atoms with Crippen LogP contribution in [0.2, 0.25) is 0 Å². The maximum atomic E-state index is 12.5. The van der Waals surface area contributed by atoms with Crippen molar-refractivity contribution in [2.24, 2.45) is 0 Å². The van der Waals surface area contributed by atoms with Gasteiger partial charge >= 0.3 is 12.1 Å². The molecule has 3 rings (SSSR count). The molecular weight excluding hydrogens is 393 g/mol. The van der Waals surface area contributed by atoms with Gasteiger partial charge in [-0.1, -0.05) is 17.8 Å². The number of aromatic nitrogens is 2. The molecule has 5 nitrogen and oxygen atoms in total. The van der Waals surface area contributed by atoms with Gasteiger partial charge < -0.3 is 9.47 Å². The summed E-state index contributed by atoms with van der Waals surface area (Å²) in [7, 11) is 0. The molecular formula is C19H13F3N2O3S. The molecule has 144 valence electrons. The fourth-order valence-corrected chi connectivity index (χ4v) is 2.65. The third-order valence-corrected chi connectivity index (χ3v) is 4.23. The van der Waals surface area contributed by atoms with Crippen molar-refractivity contribution in [3.05, 3.63) is 72.6 Å². The van der Waals surface area contributed by atoms with Crippen LogP contribution in [-0.2, 0) is 11.0 Å². The van der Waals surface area contributed by atoms with Gasteiger partial charge in [0.2, 0.25) is 5.88 Å². The lowest BCUT2D eigenvalue weighted by Crippen LogP contribution is -2.11. The van der Waals surface area contributed by atoms with Crippen molar-refractivity contribution in [1.82, 2.24) is 9.97 Å². The van der Waals surface area contributed by atoms with E-state index >= 15 is 0 Å². The van der Waals surface area contributed by atoms with Crippen LogP contribution in [0.4, 0.5) is 13.2 Å². The van der Waals surface area contributed by atoms with Crippen LogP contribution in [0.3, 0.4) is 0 Å². The van der Waals surface area contributed by atoms with Crippen molar-refractivity contribution >= 4 is 17.7 Å². The van der Waals surface area contributed by atoms with Crippen LogP contribution in [0.1, 0.15) is 5.56 Å². The molecule has 0 saturated heterocycles. The molecule has 28 heavy (non-hydrogen) atoms. The molecule has 0 bridgehead atoms. The number of hydrogen-bond acceptors (Lipinski definition) is 6. The predicted octanol–water partition coefficient (Wildman–Crippen LogP) is 4.99. The van der Waals surface area contributed by atoms with Crippen LogP contribution in [-0.4, -0.2) is 21.7 Å². The highest BCUT2D eigenvalue weighted by Gasteiger charge is 2.30. The van der Waals surface area contributed by atoms with Crippen molar-refractivity contribution in [3.8, 4) is 17.4 Å². The second-order valence-electron chi connectivity index (χ2n) is 5.39. The number of benzene rings is 1. The maximum Gasteiger partial charge on any atom is 0.417 e. The van der Waals surface area contributed by atoms with Crippen molar-refractivity contribution in [1.29, 1.82) is 0 Å². The number of thioether (sulfide) groups is 1. The summed E-state index contributed by atoms with van der Waals surface area (Å²) >= 11 is 0.986. The first-order valence-corrected chi connectivity index (χ1v) is 8.94. The lowest BCUT2D eigenvalue weighted by molar-refractivity contribution is -0.138. The van der Waals surface area contributed by atoms with E-state index in [1.54, 1.807) is 48.7 Å². The van der Waals surface area contributed by atoms with Crippen molar-refractivity contribution in [2.45, 2.75) is 11.2 Å². The average molecular weight is 406 g/mol. The van der Waals surface area contributed by atoms with E-state index in [0.717, 1.165) is 24.0 Å². The molecule has 0 N–H and O–H groups in total. The van der Waals surface area contributed by atoms with Gasteiger partial charge in [0.05, 0.1) is 16.3 Å². The Labute approximate surface area is 162 Å². The highest BCUT2D eigenvalue weighted by molar-refractivity contribution is 7.99. The van der Waals surface area contributed by atoms with Crippen LogP contribution in [0.25, 0.3) is 0 Å². The van der Waals surface area contributed by atoms with E-state index in [2.05, 4.69) is 9.97 Å². The quantitative estimate of drug-likeness (QED) is 0.327. The average Bonchev–Trinajstić information content (AvgIpc) is 2.68. The Hall–Kier alpha value is -3.07. The fourth-order valence-electron chi connectivity index (χ4n) is 2.03. The molecule has 0 amide bonds. The van der Waals surface area contributed by atoms with Crippen LogP contribution >= 0.6 is 11.8 Å². The van der Waals surface area contributed by atoms with E-state index in [-0.39, 0.29) is 5.75 Å². The summed E-state index contributed by atoms with van der Waals surface area (Å²) in [6.07, 6.45) is -2.11. The van der Waals surface area contributed by atoms with Gasteiger partial charge in [0.15, 0.2) is 0 Å². The number of pyridine rings is 2. The Kier molecular flexibility index (Phi) is 6.15.